The Morgan fingerprint density at radius 3 is 1.76 bits per heavy atom. The minimum Gasteiger partial charge on any atom is -0.0654 e. The van der Waals surface area contributed by atoms with Crippen LogP contribution in [0.25, 0.3) is 11.1 Å². The predicted octanol–water partition coefficient (Wildman–Crippen LogP) is 7.46. The van der Waals surface area contributed by atoms with Crippen molar-refractivity contribution in [1.82, 2.24) is 0 Å². The maximum atomic E-state index is 2.32. The summed E-state index contributed by atoms with van der Waals surface area (Å²) < 4.78 is 0. The highest BCUT2D eigenvalue weighted by Crippen LogP contribution is 2.31. The Hall–Kier alpha value is -2.34. The highest BCUT2D eigenvalue weighted by Gasteiger charge is 2.13. The van der Waals surface area contributed by atoms with Gasteiger partial charge in [-0.15, -0.1) is 0 Å². The van der Waals surface area contributed by atoms with E-state index in [1.807, 2.05) is 0 Å². The van der Waals surface area contributed by atoms with E-state index >= 15 is 0 Å². The van der Waals surface area contributed by atoms with Crippen molar-refractivity contribution >= 4 is 0 Å². The van der Waals surface area contributed by atoms with Crippen molar-refractivity contribution in [3.8, 4) is 11.1 Å². The average molecular weight is 328 g/mol. The summed E-state index contributed by atoms with van der Waals surface area (Å²) in [6.45, 7) is 2.27. The van der Waals surface area contributed by atoms with E-state index in [1.165, 1.54) is 54.4 Å². The first-order chi connectivity index (χ1) is 12.4. The Kier molecular flexibility index (Phi) is 6.45. The van der Waals surface area contributed by atoms with Gasteiger partial charge in [0.1, 0.15) is 0 Å². The smallest absolute Gasteiger partial charge is 0.00893 e. The largest absolute Gasteiger partial charge is 0.0654 e. The topological polar surface area (TPSA) is 0 Å². The molecule has 0 aromatic heterocycles. The zero-order valence-electron chi connectivity index (χ0n) is 15.2. The molecule has 25 heavy (non-hydrogen) atoms. The second kappa shape index (κ2) is 9.22. The summed E-state index contributed by atoms with van der Waals surface area (Å²) in [7, 11) is 0. The first kappa shape index (κ1) is 17.5. The monoisotopic (exact) mass is 328 g/mol. The van der Waals surface area contributed by atoms with Gasteiger partial charge in [0.2, 0.25) is 0 Å². The third kappa shape index (κ3) is 4.82. The molecule has 3 rings (SSSR count). The van der Waals surface area contributed by atoms with Gasteiger partial charge in [-0.1, -0.05) is 118 Å². The van der Waals surface area contributed by atoms with Crippen LogP contribution in [0.15, 0.2) is 84.9 Å². The van der Waals surface area contributed by atoms with Gasteiger partial charge in [0.15, 0.2) is 0 Å². The summed E-state index contributed by atoms with van der Waals surface area (Å²) in [5.41, 5.74) is 5.45. The molecule has 3 aromatic carbocycles. The molecule has 0 N–H and O–H groups in total. The lowest BCUT2D eigenvalue weighted by molar-refractivity contribution is 0.596. The van der Waals surface area contributed by atoms with Crippen LogP contribution >= 0.6 is 0 Å². The zero-order valence-corrected chi connectivity index (χ0v) is 15.2. The fraction of sp³-hybridized carbons (Fsp3) is 0.280. The van der Waals surface area contributed by atoms with Crippen LogP contribution in [0.5, 0.6) is 0 Å². The van der Waals surface area contributed by atoms with Gasteiger partial charge in [0.25, 0.3) is 0 Å². The molecule has 0 amide bonds. The van der Waals surface area contributed by atoms with E-state index in [-0.39, 0.29) is 0 Å². The van der Waals surface area contributed by atoms with Crippen molar-refractivity contribution in [2.75, 3.05) is 0 Å². The summed E-state index contributed by atoms with van der Waals surface area (Å²) in [6.07, 6.45) is 6.50. The van der Waals surface area contributed by atoms with Gasteiger partial charge < -0.3 is 0 Å². The fourth-order valence-corrected chi connectivity index (χ4v) is 3.52. The molecule has 0 heteroatoms. The van der Waals surface area contributed by atoms with Crippen LogP contribution in [0.4, 0.5) is 0 Å². The van der Waals surface area contributed by atoms with E-state index in [1.54, 1.807) is 0 Å². The van der Waals surface area contributed by atoms with Crippen LogP contribution in [0.1, 0.15) is 56.1 Å². The molecule has 0 heterocycles. The molecule has 0 radical (unpaired) electrons. The Labute approximate surface area is 152 Å². The fourth-order valence-electron chi connectivity index (χ4n) is 3.52. The molecular weight excluding hydrogens is 300 g/mol. The van der Waals surface area contributed by atoms with Crippen molar-refractivity contribution in [3.05, 3.63) is 96.1 Å². The first-order valence-electron chi connectivity index (χ1n) is 9.59. The van der Waals surface area contributed by atoms with Gasteiger partial charge in [0, 0.05) is 5.92 Å². The maximum Gasteiger partial charge on any atom is 0.00893 e. The van der Waals surface area contributed by atoms with E-state index < -0.39 is 0 Å². The highest BCUT2D eigenvalue weighted by molar-refractivity contribution is 5.63. The van der Waals surface area contributed by atoms with Crippen LogP contribution in [0.2, 0.25) is 0 Å². The molecule has 0 aliphatic rings. The van der Waals surface area contributed by atoms with E-state index in [4.69, 9.17) is 0 Å². The SMILES string of the molecule is CCCCCCC(c1ccccc1)c1ccc(-c2ccccc2)cc1. The Bertz CT molecular complexity index is 726. The van der Waals surface area contributed by atoms with E-state index in [0.717, 1.165) is 0 Å². The van der Waals surface area contributed by atoms with E-state index in [0.29, 0.717) is 5.92 Å². The molecule has 0 aliphatic carbocycles. The molecular formula is C25H28. The summed E-state index contributed by atoms with van der Waals surface area (Å²) in [4.78, 5) is 0. The number of unbranched alkanes of at least 4 members (excludes halogenated alkanes) is 3. The molecule has 0 aliphatic heterocycles. The van der Waals surface area contributed by atoms with Crippen molar-refractivity contribution in [2.45, 2.75) is 44.9 Å². The predicted molar refractivity (Wildman–Crippen MR) is 109 cm³/mol. The van der Waals surface area contributed by atoms with E-state index in [2.05, 4.69) is 91.9 Å². The lowest BCUT2D eigenvalue weighted by Gasteiger charge is -2.18. The number of benzene rings is 3. The Morgan fingerprint density at radius 1 is 0.560 bits per heavy atom. The van der Waals surface area contributed by atoms with Crippen LogP contribution in [0, 0.1) is 0 Å². The second-order valence-corrected chi connectivity index (χ2v) is 6.80. The molecule has 0 saturated carbocycles. The summed E-state index contributed by atoms with van der Waals surface area (Å²) in [5, 5.41) is 0. The first-order valence-corrected chi connectivity index (χ1v) is 9.59. The van der Waals surface area contributed by atoms with Gasteiger partial charge in [-0.05, 0) is 28.7 Å². The van der Waals surface area contributed by atoms with Crippen LogP contribution < -0.4 is 0 Å². The minimum absolute atomic E-state index is 0.503. The second-order valence-electron chi connectivity index (χ2n) is 6.80. The van der Waals surface area contributed by atoms with Gasteiger partial charge in [-0.3, -0.25) is 0 Å². The maximum absolute atomic E-state index is 2.32. The molecule has 3 aromatic rings. The van der Waals surface area contributed by atoms with Gasteiger partial charge in [-0.2, -0.15) is 0 Å². The standard InChI is InChI=1S/C25H28/c1-2-3-4-11-16-25(23-14-9-6-10-15-23)24-19-17-22(18-20-24)21-12-7-5-8-13-21/h5-10,12-15,17-20,25H,2-4,11,16H2,1H3. The van der Waals surface area contributed by atoms with E-state index in [9.17, 15) is 0 Å². The summed E-state index contributed by atoms with van der Waals surface area (Å²) in [6, 6.07) is 30.8. The molecule has 1 atom stereocenters. The summed E-state index contributed by atoms with van der Waals surface area (Å²) in [5.74, 6) is 0.503. The normalized spacial score (nSPS) is 12.0. The average Bonchev–Trinajstić information content (AvgIpc) is 2.70. The molecule has 128 valence electrons. The highest BCUT2D eigenvalue weighted by atomic mass is 14.2. The lowest BCUT2D eigenvalue weighted by atomic mass is 9.86. The minimum atomic E-state index is 0.503. The van der Waals surface area contributed by atoms with Crippen molar-refractivity contribution in [3.63, 3.8) is 0 Å². The molecule has 0 fully saturated rings. The molecule has 0 saturated heterocycles. The van der Waals surface area contributed by atoms with Gasteiger partial charge >= 0.3 is 0 Å². The molecule has 1 unspecified atom stereocenters. The molecule has 0 nitrogen and oxygen atoms in total. The Morgan fingerprint density at radius 2 is 1.12 bits per heavy atom. The number of rotatable bonds is 8. The van der Waals surface area contributed by atoms with Gasteiger partial charge in [-0.25, -0.2) is 0 Å². The Balaban J connectivity index is 1.80. The lowest BCUT2D eigenvalue weighted by Crippen LogP contribution is -2.01. The molecule has 0 spiro atoms. The molecule has 0 bridgehead atoms. The zero-order chi connectivity index (χ0) is 17.3. The van der Waals surface area contributed by atoms with Crippen molar-refractivity contribution in [1.29, 1.82) is 0 Å². The van der Waals surface area contributed by atoms with Crippen LogP contribution in [-0.4, -0.2) is 0 Å². The quantitative estimate of drug-likeness (QED) is 0.376. The number of hydrogen-bond acceptors (Lipinski definition) is 0. The van der Waals surface area contributed by atoms with Crippen molar-refractivity contribution in [2.24, 2.45) is 0 Å². The van der Waals surface area contributed by atoms with Crippen LogP contribution in [0.3, 0.4) is 0 Å². The van der Waals surface area contributed by atoms with Gasteiger partial charge in [0.05, 0.1) is 0 Å². The third-order valence-electron chi connectivity index (χ3n) is 4.97. The number of hydrogen-bond donors (Lipinski definition) is 0. The van der Waals surface area contributed by atoms with Crippen LogP contribution in [-0.2, 0) is 0 Å². The van der Waals surface area contributed by atoms with Crippen molar-refractivity contribution < 1.29 is 0 Å². The third-order valence-corrected chi connectivity index (χ3v) is 4.97. The summed E-state index contributed by atoms with van der Waals surface area (Å²) >= 11 is 0.